The minimum absolute atomic E-state index is 0.0127. The molecule has 0 saturated heterocycles. The standard InChI is InChI=1S/C22H25ClO6/c1-3-5-17-19(9-7-16(14(2)24)22(17)27)28-10-4-11-29-20-8-6-15(12-18(20)23)13-21(25)26/h6-9,12,27H,3-5,10-11,13H2,1-2H3,(H,25,26). The summed E-state index contributed by atoms with van der Waals surface area (Å²) in [6, 6.07) is 8.18. The first-order chi connectivity index (χ1) is 13.8. The van der Waals surface area contributed by atoms with E-state index in [1.165, 1.54) is 6.92 Å². The van der Waals surface area contributed by atoms with Crippen LogP contribution >= 0.6 is 11.6 Å². The van der Waals surface area contributed by atoms with Crippen molar-refractivity contribution < 1.29 is 29.3 Å². The molecule has 156 valence electrons. The van der Waals surface area contributed by atoms with Crippen LogP contribution in [0.5, 0.6) is 17.2 Å². The summed E-state index contributed by atoms with van der Waals surface area (Å²) in [7, 11) is 0. The Balaban J connectivity index is 1.90. The highest BCUT2D eigenvalue weighted by molar-refractivity contribution is 6.32. The smallest absolute Gasteiger partial charge is 0.307 e. The zero-order valence-electron chi connectivity index (χ0n) is 16.5. The van der Waals surface area contributed by atoms with Gasteiger partial charge in [-0.1, -0.05) is 31.0 Å². The molecule has 0 fully saturated rings. The number of rotatable bonds is 11. The van der Waals surface area contributed by atoms with Crippen molar-refractivity contribution in [1.29, 1.82) is 0 Å². The first kappa shape index (κ1) is 22.6. The summed E-state index contributed by atoms with van der Waals surface area (Å²) in [6.07, 6.45) is 1.90. The highest BCUT2D eigenvalue weighted by atomic mass is 35.5. The number of benzene rings is 2. The number of halogens is 1. The van der Waals surface area contributed by atoms with Crippen molar-refractivity contribution in [2.24, 2.45) is 0 Å². The average Bonchev–Trinajstić information content (AvgIpc) is 2.64. The monoisotopic (exact) mass is 420 g/mol. The number of phenolic OH excluding ortho intramolecular Hbond substituents is 1. The van der Waals surface area contributed by atoms with Crippen LogP contribution in [0.25, 0.3) is 0 Å². The van der Waals surface area contributed by atoms with Gasteiger partial charge in [0.15, 0.2) is 5.78 Å². The molecule has 0 aliphatic rings. The van der Waals surface area contributed by atoms with Gasteiger partial charge in [-0.2, -0.15) is 0 Å². The fourth-order valence-corrected chi connectivity index (χ4v) is 3.16. The molecule has 0 saturated carbocycles. The van der Waals surface area contributed by atoms with Crippen molar-refractivity contribution in [1.82, 2.24) is 0 Å². The average molecular weight is 421 g/mol. The van der Waals surface area contributed by atoms with Crippen LogP contribution in [0.3, 0.4) is 0 Å². The Kier molecular flexibility index (Phi) is 8.34. The molecule has 0 heterocycles. The molecule has 7 heteroatoms. The van der Waals surface area contributed by atoms with E-state index in [1.54, 1.807) is 30.3 Å². The van der Waals surface area contributed by atoms with E-state index in [1.807, 2.05) is 6.92 Å². The normalized spacial score (nSPS) is 10.6. The van der Waals surface area contributed by atoms with Gasteiger partial charge in [0.2, 0.25) is 0 Å². The number of carbonyl (C=O) groups excluding carboxylic acids is 1. The van der Waals surface area contributed by atoms with Gasteiger partial charge in [-0.3, -0.25) is 9.59 Å². The van der Waals surface area contributed by atoms with Crippen molar-refractivity contribution in [3.8, 4) is 17.2 Å². The van der Waals surface area contributed by atoms with E-state index in [9.17, 15) is 14.7 Å². The van der Waals surface area contributed by atoms with Crippen molar-refractivity contribution >= 4 is 23.4 Å². The maximum Gasteiger partial charge on any atom is 0.307 e. The SMILES string of the molecule is CCCc1c(OCCCOc2ccc(CC(=O)O)cc2Cl)ccc(C(C)=O)c1O. The van der Waals surface area contributed by atoms with Crippen LogP contribution in [0.2, 0.25) is 5.02 Å². The summed E-state index contributed by atoms with van der Waals surface area (Å²) in [5.74, 6) is -0.0783. The highest BCUT2D eigenvalue weighted by Crippen LogP contribution is 2.33. The second-order valence-corrected chi connectivity index (χ2v) is 7.04. The topological polar surface area (TPSA) is 93.1 Å². The summed E-state index contributed by atoms with van der Waals surface area (Å²) < 4.78 is 11.4. The number of aliphatic carboxylic acids is 1. The molecule has 0 bridgehead atoms. The Labute approximate surface area is 175 Å². The molecular weight excluding hydrogens is 396 g/mol. The fraction of sp³-hybridized carbons (Fsp3) is 0.364. The Morgan fingerprint density at radius 3 is 2.31 bits per heavy atom. The predicted octanol–water partition coefficient (Wildman–Crippen LogP) is 4.68. The van der Waals surface area contributed by atoms with Gasteiger partial charge < -0.3 is 19.7 Å². The molecule has 0 spiro atoms. The molecule has 0 aliphatic heterocycles. The number of phenols is 1. The van der Waals surface area contributed by atoms with Crippen LogP contribution in [0, 0.1) is 0 Å². The van der Waals surface area contributed by atoms with Crippen LogP contribution in [0.1, 0.15) is 48.2 Å². The molecule has 6 nitrogen and oxygen atoms in total. The van der Waals surface area contributed by atoms with Crippen molar-refractivity contribution in [3.63, 3.8) is 0 Å². The molecule has 2 aromatic carbocycles. The summed E-state index contributed by atoms with van der Waals surface area (Å²) >= 11 is 6.13. The number of carboxylic acids is 1. The van der Waals surface area contributed by atoms with Crippen LogP contribution in [0.15, 0.2) is 30.3 Å². The summed E-state index contributed by atoms with van der Waals surface area (Å²) in [5.41, 5.74) is 1.54. The van der Waals surface area contributed by atoms with E-state index >= 15 is 0 Å². The van der Waals surface area contributed by atoms with E-state index in [0.29, 0.717) is 59.3 Å². The van der Waals surface area contributed by atoms with Crippen LogP contribution < -0.4 is 9.47 Å². The van der Waals surface area contributed by atoms with E-state index in [2.05, 4.69) is 0 Å². The van der Waals surface area contributed by atoms with Crippen molar-refractivity contribution in [2.45, 2.75) is 39.5 Å². The number of ketones is 1. The van der Waals surface area contributed by atoms with E-state index < -0.39 is 5.97 Å². The summed E-state index contributed by atoms with van der Waals surface area (Å²) in [4.78, 5) is 22.4. The molecule has 0 atom stereocenters. The number of hydrogen-bond donors (Lipinski definition) is 2. The molecular formula is C22H25ClO6. The van der Waals surface area contributed by atoms with Gasteiger partial charge >= 0.3 is 5.97 Å². The van der Waals surface area contributed by atoms with Crippen LogP contribution in [-0.4, -0.2) is 35.2 Å². The van der Waals surface area contributed by atoms with Crippen LogP contribution in [0.4, 0.5) is 0 Å². The molecule has 0 unspecified atom stereocenters. The van der Waals surface area contributed by atoms with Gasteiger partial charge in [0.25, 0.3) is 0 Å². The van der Waals surface area contributed by atoms with Gasteiger partial charge in [0, 0.05) is 12.0 Å². The predicted molar refractivity (Wildman–Crippen MR) is 111 cm³/mol. The lowest BCUT2D eigenvalue weighted by atomic mass is 10.0. The van der Waals surface area contributed by atoms with Gasteiger partial charge in [0.1, 0.15) is 17.2 Å². The second-order valence-electron chi connectivity index (χ2n) is 6.63. The molecule has 0 amide bonds. The number of hydrogen-bond acceptors (Lipinski definition) is 5. The Bertz CT molecular complexity index is 878. The lowest BCUT2D eigenvalue weighted by Crippen LogP contribution is -2.07. The molecule has 29 heavy (non-hydrogen) atoms. The summed E-state index contributed by atoms with van der Waals surface area (Å²) in [5, 5.41) is 19.5. The molecule has 2 N–H and O–H groups in total. The third-order valence-electron chi connectivity index (χ3n) is 4.27. The maximum absolute atomic E-state index is 11.6. The van der Waals surface area contributed by atoms with Crippen LogP contribution in [-0.2, 0) is 17.6 Å². The maximum atomic E-state index is 11.6. The number of carboxylic acid groups (broad SMARTS) is 1. The van der Waals surface area contributed by atoms with E-state index in [0.717, 1.165) is 6.42 Å². The third kappa shape index (κ3) is 6.39. The largest absolute Gasteiger partial charge is 0.507 e. The molecule has 0 aliphatic carbocycles. The third-order valence-corrected chi connectivity index (χ3v) is 4.57. The molecule has 2 aromatic rings. The van der Waals surface area contributed by atoms with E-state index in [-0.39, 0.29) is 18.0 Å². The number of ether oxygens (including phenoxy) is 2. The van der Waals surface area contributed by atoms with Gasteiger partial charge in [-0.05, 0) is 43.2 Å². The van der Waals surface area contributed by atoms with Crippen molar-refractivity contribution in [2.75, 3.05) is 13.2 Å². The molecule has 2 rings (SSSR count). The summed E-state index contributed by atoms with van der Waals surface area (Å²) in [6.45, 7) is 4.13. The first-order valence-electron chi connectivity index (χ1n) is 9.45. The molecule has 0 radical (unpaired) electrons. The molecule has 0 aromatic heterocycles. The lowest BCUT2D eigenvalue weighted by molar-refractivity contribution is -0.136. The highest BCUT2D eigenvalue weighted by Gasteiger charge is 2.15. The van der Waals surface area contributed by atoms with Gasteiger partial charge in [-0.25, -0.2) is 0 Å². The van der Waals surface area contributed by atoms with E-state index in [4.69, 9.17) is 26.2 Å². The van der Waals surface area contributed by atoms with Gasteiger partial charge in [-0.15, -0.1) is 0 Å². The minimum atomic E-state index is -0.920. The first-order valence-corrected chi connectivity index (χ1v) is 9.82. The quantitative estimate of drug-likeness (QED) is 0.405. The van der Waals surface area contributed by atoms with Crippen molar-refractivity contribution in [3.05, 3.63) is 52.0 Å². The second kappa shape index (κ2) is 10.7. The van der Waals surface area contributed by atoms with Gasteiger partial charge in [0.05, 0.1) is 30.2 Å². The Hall–Kier alpha value is -2.73. The number of carbonyl (C=O) groups is 2. The Morgan fingerprint density at radius 2 is 1.72 bits per heavy atom. The zero-order valence-corrected chi connectivity index (χ0v) is 17.3. The fourth-order valence-electron chi connectivity index (χ4n) is 2.90. The zero-order chi connectivity index (χ0) is 21.4. The lowest BCUT2D eigenvalue weighted by Gasteiger charge is -2.15. The minimum Gasteiger partial charge on any atom is -0.507 e. The number of Topliss-reactive ketones (excluding diaryl/α,β-unsaturated/α-hetero) is 1. The Morgan fingerprint density at radius 1 is 1.07 bits per heavy atom. The number of aromatic hydroxyl groups is 1.